The molecule has 3 N–H and O–H groups in total. The molecule has 0 radical (unpaired) electrons. The fourth-order valence-electron chi connectivity index (χ4n) is 2.69. The summed E-state index contributed by atoms with van der Waals surface area (Å²) in [5.41, 5.74) is 12.0. The van der Waals surface area contributed by atoms with E-state index in [1.165, 1.54) is 5.56 Å². The first-order chi connectivity index (χ1) is 10.8. The number of fused-ring (bicyclic) bond motifs is 1. The van der Waals surface area contributed by atoms with Gasteiger partial charge in [0.2, 0.25) is 0 Å². The molecule has 3 heteroatoms. The van der Waals surface area contributed by atoms with E-state index < -0.39 is 0 Å². The summed E-state index contributed by atoms with van der Waals surface area (Å²) in [6, 6.07) is 20.4. The number of nitrogens with zero attached hydrogens (tertiary/aromatic N) is 1. The third-order valence-corrected chi connectivity index (χ3v) is 3.86. The van der Waals surface area contributed by atoms with E-state index in [9.17, 15) is 0 Å². The molecule has 0 aliphatic carbocycles. The van der Waals surface area contributed by atoms with Crippen LogP contribution in [-0.2, 0) is 0 Å². The zero-order chi connectivity index (χ0) is 14.9. The van der Waals surface area contributed by atoms with E-state index in [1.807, 2.05) is 54.9 Å². The third-order valence-electron chi connectivity index (χ3n) is 3.86. The summed E-state index contributed by atoms with van der Waals surface area (Å²) in [6.45, 7) is 0. The molecular weight excluding hydrogens is 270 g/mol. The van der Waals surface area contributed by atoms with Crippen molar-refractivity contribution >= 4 is 16.7 Å². The normalized spacial score (nSPS) is 10.9. The maximum Gasteiger partial charge on any atom is 0.137 e. The van der Waals surface area contributed by atoms with Crippen LogP contribution in [0.15, 0.2) is 73.1 Å². The largest absolute Gasteiger partial charge is 0.399 e. The first kappa shape index (κ1) is 12.7. The van der Waals surface area contributed by atoms with Crippen LogP contribution in [0.2, 0.25) is 0 Å². The van der Waals surface area contributed by atoms with Gasteiger partial charge in [-0.2, -0.15) is 0 Å². The first-order valence-corrected chi connectivity index (χ1v) is 7.20. The van der Waals surface area contributed by atoms with Crippen LogP contribution in [0, 0.1) is 0 Å². The highest BCUT2D eigenvalue weighted by Crippen LogP contribution is 2.31. The second-order valence-corrected chi connectivity index (χ2v) is 5.31. The Morgan fingerprint density at radius 2 is 1.59 bits per heavy atom. The summed E-state index contributed by atoms with van der Waals surface area (Å²) in [5.74, 6) is 0. The van der Waals surface area contributed by atoms with E-state index in [4.69, 9.17) is 5.73 Å². The highest BCUT2D eigenvalue weighted by molar-refractivity contribution is 5.95. The molecule has 0 unspecified atom stereocenters. The summed E-state index contributed by atoms with van der Waals surface area (Å²) in [5, 5.41) is 1.12. The Hall–Kier alpha value is -3.07. The van der Waals surface area contributed by atoms with Gasteiger partial charge in [-0.05, 0) is 29.3 Å². The number of nitrogen functional groups attached to an aromatic ring is 1. The Kier molecular flexibility index (Phi) is 2.90. The lowest BCUT2D eigenvalue weighted by Gasteiger charge is -2.03. The van der Waals surface area contributed by atoms with Gasteiger partial charge in [-0.1, -0.05) is 42.5 Å². The van der Waals surface area contributed by atoms with Crippen molar-refractivity contribution in [2.24, 2.45) is 0 Å². The number of benzene rings is 2. The number of nitrogens with one attached hydrogen (secondary N) is 1. The SMILES string of the molecule is Nc1ccc(-c2c[nH]c3ncc(-c4ccccc4)cc23)cc1. The van der Waals surface area contributed by atoms with E-state index in [-0.39, 0.29) is 0 Å². The molecule has 0 aliphatic rings. The molecule has 2 aromatic carbocycles. The fourth-order valence-corrected chi connectivity index (χ4v) is 2.69. The van der Waals surface area contributed by atoms with Crippen molar-refractivity contribution in [3.05, 3.63) is 73.1 Å². The zero-order valence-corrected chi connectivity index (χ0v) is 12.0. The van der Waals surface area contributed by atoms with Gasteiger partial charge in [-0.3, -0.25) is 0 Å². The molecule has 2 heterocycles. The van der Waals surface area contributed by atoms with Crippen molar-refractivity contribution in [3.63, 3.8) is 0 Å². The predicted octanol–water partition coefficient (Wildman–Crippen LogP) is 4.48. The van der Waals surface area contributed by atoms with Crippen molar-refractivity contribution in [2.45, 2.75) is 0 Å². The van der Waals surface area contributed by atoms with Crippen LogP contribution in [0.25, 0.3) is 33.3 Å². The number of nitrogens with two attached hydrogens (primary N) is 1. The highest BCUT2D eigenvalue weighted by Gasteiger charge is 2.08. The number of rotatable bonds is 2. The quantitative estimate of drug-likeness (QED) is 0.533. The molecule has 0 spiro atoms. The Bertz CT molecular complexity index is 922. The summed E-state index contributed by atoms with van der Waals surface area (Å²) >= 11 is 0. The minimum atomic E-state index is 0.770. The van der Waals surface area contributed by atoms with Gasteiger partial charge in [0, 0.05) is 34.6 Å². The van der Waals surface area contributed by atoms with E-state index in [0.717, 1.165) is 33.4 Å². The van der Waals surface area contributed by atoms with Crippen LogP contribution in [0.5, 0.6) is 0 Å². The number of H-pyrrole nitrogens is 1. The van der Waals surface area contributed by atoms with Crippen molar-refractivity contribution in [1.29, 1.82) is 0 Å². The molecule has 0 saturated heterocycles. The van der Waals surface area contributed by atoms with E-state index in [2.05, 4.69) is 28.2 Å². The number of hydrogen-bond acceptors (Lipinski definition) is 2. The monoisotopic (exact) mass is 285 g/mol. The van der Waals surface area contributed by atoms with Crippen LogP contribution in [-0.4, -0.2) is 9.97 Å². The predicted molar refractivity (Wildman–Crippen MR) is 91.4 cm³/mol. The Morgan fingerprint density at radius 1 is 0.818 bits per heavy atom. The lowest BCUT2D eigenvalue weighted by molar-refractivity contribution is 1.33. The summed E-state index contributed by atoms with van der Waals surface area (Å²) in [6.07, 6.45) is 3.90. The number of anilines is 1. The first-order valence-electron chi connectivity index (χ1n) is 7.20. The van der Waals surface area contributed by atoms with Gasteiger partial charge in [0.25, 0.3) is 0 Å². The second kappa shape index (κ2) is 5.04. The van der Waals surface area contributed by atoms with Crippen LogP contribution in [0.4, 0.5) is 5.69 Å². The molecule has 0 bridgehead atoms. The molecule has 0 atom stereocenters. The minimum absolute atomic E-state index is 0.770. The van der Waals surface area contributed by atoms with Crippen LogP contribution in [0.1, 0.15) is 0 Å². The average molecular weight is 285 g/mol. The van der Waals surface area contributed by atoms with Gasteiger partial charge in [0.1, 0.15) is 5.65 Å². The van der Waals surface area contributed by atoms with Gasteiger partial charge in [0.05, 0.1) is 0 Å². The maximum absolute atomic E-state index is 5.77. The van der Waals surface area contributed by atoms with Crippen LogP contribution < -0.4 is 5.73 Å². The molecule has 4 aromatic rings. The molecule has 0 amide bonds. The van der Waals surface area contributed by atoms with Crippen molar-refractivity contribution in [3.8, 4) is 22.3 Å². The molecule has 0 aliphatic heterocycles. The Balaban J connectivity index is 1.88. The van der Waals surface area contributed by atoms with Gasteiger partial charge in [-0.15, -0.1) is 0 Å². The summed E-state index contributed by atoms with van der Waals surface area (Å²) in [4.78, 5) is 7.78. The summed E-state index contributed by atoms with van der Waals surface area (Å²) < 4.78 is 0. The van der Waals surface area contributed by atoms with Gasteiger partial charge in [0.15, 0.2) is 0 Å². The molecule has 0 fully saturated rings. The molecular formula is C19H15N3. The lowest BCUT2D eigenvalue weighted by Crippen LogP contribution is -1.84. The molecule has 106 valence electrons. The van der Waals surface area contributed by atoms with Gasteiger partial charge < -0.3 is 10.7 Å². The Morgan fingerprint density at radius 3 is 2.36 bits per heavy atom. The molecule has 22 heavy (non-hydrogen) atoms. The number of aromatic amines is 1. The number of aromatic nitrogens is 2. The van der Waals surface area contributed by atoms with Crippen molar-refractivity contribution in [1.82, 2.24) is 9.97 Å². The molecule has 3 nitrogen and oxygen atoms in total. The molecule has 2 aromatic heterocycles. The zero-order valence-electron chi connectivity index (χ0n) is 12.0. The number of hydrogen-bond donors (Lipinski definition) is 2. The van der Waals surface area contributed by atoms with Gasteiger partial charge in [-0.25, -0.2) is 4.98 Å². The highest BCUT2D eigenvalue weighted by atomic mass is 14.8. The average Bonchev–Trinajstić information content (AvgIpc) is 2.99. The fraction of sp³-hybridized carbons (Fsp3) is 0. The standard InChI is InChI=1S/C19H15N3/c20-16-8-6-14(7-9-16)18-12-22-19-17(18)10-15(11-21-19)13-4-2-1-3-5-13/h1-12H,20H2,(H,21,22). The number of pyridine rings is 1. The van der Waals surface area contributed by atoms with Crippen molar-refractivity contribution in [2.75, 3.05) is 5.73 Å². The molecule has 4 rings (SSSR count). The maximum atomic E-state index is 5.77. The van der Waals surface area contributed by atoms with E-state index in [0.29, 0.717) is 0 Å². The van der Waals surface area contributed by atoms with Crippen molar-refractivity contribution < 1.29 is 0 Å². The van der Waals surface area contributed by atoms with E-state index >= 15 is 0 Å². The van der Waals surface area contributed by atoms with Gasteiger partial charge >= 0.3 is 0 Å². The van der Waals surface area contributed by atoms with Crippen LogP contribution >= 0.6 is 0 Å². The van der Waals surface area contributed by atoms with Crippen LogP contribution in [0.3, 0.4) is 0 Å². The Labute approximate surface area is 128 Å². The topological polar surface area (TPSA) is 54.7 Å². The second-order valence-electron chi connectivity index (χ2n) is 5.31. The lowest BCUT2D eigenvalue weighted by atomic mass is 10.0. The third kappa shape index (κ3) is 2.13. The molecule has 0 saturated carbocycles. The van der Waals surface area contributed by atoms with E-state index in [1.54, 1.807) is 0 Å². The smallest absolute Gasteiger partial charge is 0.137 e. The minimum Gasteiger partial charge on any atom is -0.399 e. The summed E-state index contributed by atoms with van der Waals surface area (Å²) in [7, 11) is 0.